The minimum Gasteiger partial charge on any atom is -0.368 e. The van der Waals surface area contributed by atoms with E-state index in [9.17, 15) is 0 Å². The number of nitrogens with two attached hydrogens (primary N) is 1. The maximum Gasteiger partial charge on any atom is 0.215 e. The lowest BCUT2D eigenvalue weighted by molar-refractivity contribution is 0.611. The molecule has 134 valence electrons. The zero-order valence-corrected chi connectivity index (χ0v) is 16.1. The Bertz CT molecular complexity index is 776. The summed E-state index contributed by atoms with van der Waals surface area (Å²) >= 11 is 11.8. The first kappa shape index (κ1) is 19.8. The van der Waals surface area contributed by atoms with Gasteiger partial charge in [0, 0.05) is 24.1 Å². The first-order valence-electron chi connectivity index (χ1n) is 7.90. The SMILES string of the molecule is CN(C)C(N)=NN=C(C=Cc1ccc(Cl)cc1)C=Cc1ccc(Cl)cc1. The summed E-state index contributed by atoms with van der Waals surface area (Å²) in [5, 5.41) is 9.66. The van der Waals surface area contributed by atoms with Gasteiger partial charge >= 0.3 is 0 Å². The summed E-state index contributed by atoms with van der Waals surface area (Å²) in [4.78, 5) is 1.69. The molecule has 26 heavy (non-hydrogen) atoms. The topological polar surface area (TPSA) is 54.0 Å². The van der Waals surface area contributed by atoms with E-state index in [0.29, 0.717) is 21.7 Å². The Balaban J connectivity index is 2.26. The highest BCUT2D eigenvalue weighted by Gasteiger charge is 1.95. The van der Waals surface area contributed by atoms with Gasteiger partial charge in [0.15, 0.2) is 0 Å². The van der Waals surface area contributed by atoms with Crippen LogP contribution in [0.3, 0.4) is 0 Å². The number of rotatable bonds is 5. The number of halogens is 2. The van der Waals surface area contributed by atoms with E-state index in [4.69, 9.17) is 28.9 Å². The van der Waals surface area contributed by atoms with Crippen molar-refractivity contribution in [2.75, 3.05) is 14.1 Å². The van der Waals surface area contributed by atoms with Crippen LogP contribution < -0.4 is 5.73 Å². The molecule has 0 amide bonds. The molecule has 6 heteroatoms. The Kier molecular flexibility index (Phi) is 7.45. The molecule has 0 aliphatic rings. The molecule has 0 spiro atoms. The van der Waals surface area contributed by atoms with Gasteiger partial charge in [0.05, 0.1) is 5.71 Å². The average Bonchev–Trinajstić information content (AvgIpc) is 2.63. The van der Waals surface area contributed by atoms with Gasteiger partial charge in [-0.25, -0.2) is 0 Å². The molecule has 0 atom stereocenters. The van der Waals surface area contributed by atoms with E-state index in [1.54, 1.807) is 19.0 Å². The van der Waals surface area contributed by atoms with Crippen molar-refractivity contribution in [2.45, 2.75) is 0 Å². The summed E-state index contributed by atoms with van der Waals surface area (Å²) < 4.78 is 0. The van der Waals surface area contributed by atoms with Crippen LogP contribution in [0.5, 0.6) is 0 Å². The molecule has 4 nitrogen and oxygen atoms in total. The lowest BCUT2D eigenvalue weighted by atomic mass is 10.1. The molecular weight excluding hydrogens is 367 g/mol. The van der Waals surface area contributed by atoms with Crippen LogP contribution in [-0.4, -0.2) is 30.7 Å². The maximum atomic E-state index is 5.91. The Morgan fingerprint density at radius 1 is 0.808 bits per heavy atom. The van der Waals surface area contributed by atoms with Crippen LogP contribution in [0.4, 0.5) is 0 Å². The van der Waals surface area contributed by atoms with E-state index in [2.05, 4.69) is 10.2 Å². The molecule has 0 unspecified atom stereocenters. The largest absolute Gasteiger partial charge is 0.368 e. The predicted molar refractivity (Wildman–Crippen MR) is 114 cm³/mol. The minimum absolute atomic E-state index is 0.322. The van der Waals surface area contributed by atoms with Crippen molar-refractivity contribution in [2.24, 2.45) is 15.9 Å². The summed E-state index contributed by atoms with van der Waals surface area (Å²) in [6.07, 6.45) is 7.59. The van der Waals surface area contributed by atoms with Crippen LogP contribution in [-0.2, 0) is 0 Å². The van der Waals surface area contributed by atoms with Crippen LogP contribution in [0.2, 0.25) is 10.0 Å². The van der Waals surface area contributed by atoms with Gasteiger partial charge in [0.25, 0.3) is 0 Å². The van der Waals surface area contributed by atoms with Crippen molar-refractivity contribution in [3.8, 4) is 0 Å². The molecule has 0 aliphatic heterocycles. The minimum atomic E-state index is 0.322. The molecule has 2 N–H and O–H groups in total. The van der Waals surface area contributed by atoms with Crippen molar-refractivity contribution >= 4 is 47.0 Å². The van der Waals surface area contributed by atoms with Crippen molar-refractivity contribution < 1.29 is 0 Å². The Morgan fingerprint density at radius 3 is 1.62 bits per heavy atom. The van der Waals surface area contributed by atoms with Crippen molar-refractivity contribution in [1.29, 1.82) is 0 Å². The van der Waals surface area contributed by atoms with E-state index < -0.39 is 0 Å². The van der Waals surface area contributed by atoms with E-state index >= 15 is 0 Å². The van der Waals surface area contributed by atoms with Gasteiger partial charge < -0.3 is 10.6 Å². The summed E-state index contributed by atoms with van der Waals surface area (Å²) in [6.45, 7) is 0. The van der Waals surface area contributed by atoms with Crippen LogP contribution in [0.25, 0.3) is 12.2 Å². The maximum absolute atomic E-state index is 5.91. The standard InChI is InChI=1S/C20H20Cl2N4/c1-26(2)20(23)25-24-19(13-7-15-3-9-17(21)10-4-15)14-8-16-5-11-18(22)12-6-16/h3-14H,1-2H3,(H2,23,25). The number of allylic oxidation sites excluding steroid dienone is 2. The molecule has 0 aromatic heterocycles. The fourth-order valence-electron chi connectivity index (χ4n) is 1.83. The van der Waals surface area contributed by atoms with E-state index in [1.807, 2.05) is 72.8 Å². The Labute approximate surface area is 163 Å². The lowest BCUT2D eigenvalue weighted by Crippen LogP contribution is -2.29. The molecule has 2 aromatic carbocycles. The molecule has 0 aliphatic carbocycles. The molecule has 0 heterocycles. The Hall–Kier alpha value is -2.56. The fourth-order valence-corrected chi connectivity index (χ4v) is 2.08. The second-order valence-corrected chi connectivity index (χ2v) is 6.52. The average molecular weight is 387 g/mol. The number of guanidine groups is 1. The summed E-state index contributed by atoms with van der Waals surface area (Å²) in [5.74, 6) is 0.322. The molecule has 2 aromatic rings. The summed E-state index contributed by atoms with van der Waals surface area (Å²) in [7, 11) is 3.61. The molecule has 0 saturated carbocycles. The van der Waals surface area contributed by atoms with Gasteiger partial charge in [0.2, 0.25) is 5.96 Å². The second-order valence-electron chi connectivity index (χ2n) is 5.65. The number of hydrogen-bond acceptors (Lipinski definition) is 2. The molecule has 0 fully saturated rings. The highest BCUT2D eigenvalue weighted by atomic mass is 35.5. The van der Waals surface area contributed by atoms with E-state index in [-0.39, 0.29) is 0 Å². The molecule has 0 bridgehead atoms. The van der Waals surface area contributed by atoms with Crippen molar-refractivity contribution in [3.63, 3.8) is 0 Å². The normalized spacial score (nSPS) is 11.9. The first-order valence-corrected chi connectivity index (χ1v) is 8.65. The smallest absolute Gasteiger partial charge is 0.215 e. The zero-order chi connectivity index (χ0) is 18.9. The third-order valence-corrected chi connectivity index (χ3v) is 3.86. The van der Waals surface area contributed by atoms with Gasteiger partial charge in [0.1, 0.15) is 0 Å². The van der Waals surface area contributed by atoms with Crippen LogP contribution >= 0.6 is 23.2 Å². The highest BCUT2D eigenvalue weighted by molar-refractivity contribution is 6.30. The monoisotopic (exact) mass is 386 g/mol. The van der Waals surface area contributed by atoms with Crippen LogP contribution in [0.15, 0.2) is 70.9 Å². The van der Waals surface area contributed by atoms with Crippen molar-refractivity contribution in [1.82, 2.24) is 4.90 Å². The number of benzene rings is 2. The summed E-state index contributed by atoms with van der Waals surface area (Å²) in [5.41, 5.74) is 8.47. The van der Waals surface area contributed by atoms with Gasteiger partial charge in [-0.05, 0) is 47.5 Å². The number of nitrogens with zero attached hydrogens (tertiary/aromatic N) is 3. The second kappa shape index (κ2) is 9.80. The lowest BCUT2D eigenvalue weighted by Gasteiger charge is -2.07. The summed E-state index contributed by atoms with van der Waals surface area (Å²) in [6, 6.07) is 15.1. The molecule has 0 saturated heterocycles. The zero-order valence-electron chi connectivity index (χ0n) is 14.6. The highest BCUT2D eigenvalue weighted by Crippen LogP contribution is 2.12. The van der Waals surface area contributed by atoms with Crippen molar-refractivity contribution in [3.05, 3.63) is 81.9 Å². The molecule has 0 radical (unpaired) electrons. The van der Waals surface area contributed by atoms with E-state index in [0.717, 1.165) is 11.1 Å². The first-order chi connectivity index (χ1) is 12.4. The van der Waals surface area contributed by atoms with Crippen LogP contribution in [0, 0.1) is 0 Å². The van der Waals surface area contributed by atoms with Gasteiger partial charge in [-0.2, -0.15) is 0 Å². The number of hydrogen-bond donors (Lipinski definition) is 1. The molecular formula is C20H20Cl2N4. The van der Waals surface area contributed by atoms with Gasteiger partial charge in [-0.1, -0.05) is 59.6 Å². The predicted octanol–water partition coefficient (Wildman–Crippen LogP) is 4.95. The van der Waals surface area contributed by atoms with E-state index in [1.165, 1.54) is 0 Å². The van der Waals surface area contributed by atoms with Gasteiger partial charge in [-0.3, -0.25) is 0 Å². The van der Waals surface area contributed by atoms with Gasteiger partial charge in [-0.15, -0.1) is 10.2 Å². The third kappa shape index (κ3) is 6.75. The Morgan fingerprint density at radius 2 is 1.23 bits per heavy atom. The third-order valence-electron chi connectivity index (χ3n) is 3.36. The quantitative estimate of drug-likeness (QED) is 0.448. The van der Waals surface area contributed by atoms with Crippen LogP contribution in [0.1, 0.15) is 11.1 Å². The molecule has 2 rings (SSSR count). The fraction of sp³-hybridized carbons (Fsp3) is 0.100.